The van der Waals surface area contributed by atoms with Crippen LogP contribution in [0.1, 0.15) is 13.3 Å². The molecule has 1 aromatic rings. The van der Waals surface area contributed by atoms with Crippen LogP contribution >= 0.6 is 23.2 Å². The van der Waals surface area contributed by atoms with Crippen molar-refractivity contribution in [3.05, 3.63) is 22.4 Å². The number of nitrogens with zero attached hydrogens (tertiary/aromatic N) is 3. The number of aromatic nitrogens is 1. The molecule has 1 atom stereocenters. The van der Waals surface area contributed by atoms with Gasteiger partial charge in [0.05, 0.1) is 5.02 Å². The summed E-state index contributed by atoms with van der Waals surface area (Å²) in [4.78, 5) is 6.08. The monoisotopic (exact) mass is 337 g/mol. The van der Waals surface area contributed by atoms with Gasteiger partial charge < -0.3 is 4.90 Å². The first kappa shape index (κ1) is 16.0. The molecule has 1 aliphatic rings. The number of piperazine rings is 1. The number of likely N-dealkylation sites (N-methyl/N-ethyl adjacent to an activating group) is 1. The van der Waals surface area contributed by atoms with Crippen LogP contribution in [-0.2, 0) is 10.0 Å². The molecule has 0 amide bonds. The fourth-order valence-electron chi connectivity index (χ4n) is 2.27. The maximum absolute atomic E-state index is 12.6. The number of hydrogen-bond acceptors (Lipinski definition) is 4. The molecule has 2 heterocycles. The summed E-state index contributed by atoms with van der Waals surface area (Å²) >= 11 is 11.6. The van der Waals surface area contributed by atoms with Crippen molar-refractivity contribution in [2.24, 2.45) is 0 Å². The third-order valence-corrected chi connectivity index (χ3v) is 6.14. The predicted octanol–water partition coefficient (Wildman–Crippen LogP) is 2.10. The number of hydrogen-bond donors (Lipinski definition) is 0. The Bertz CT molecular complexity index is 594. The molecule has 0 bridgehead atoms. The number of rotatable bonds is 3. The maximum Gasteiger partial charge on any atom is 0.244 e. The highest BCUT2D eigenvalue weighted by Crippen LogP contribution is 2.25. The molecule has 8 heteroatoms. The second-order valence-corrected chi connectivity index (χ2v) is 7.55. The van der Waals surface area contributed by atoms with Gasteiger partial charge in [0, 0.05) is 31.9 Å². The number of sulfonamides is 1. The van der Waals surface area contributed by atoms with Crippen molar-refractivity contribution in [3.8, 4) is 0 Å². The van der Waals surface area contributed by atoms with E-state index < -0.39 is 10.0 Å². The second kappa shape index (κ2) is 6.15. The lowest BCUT2D eigenvalue weighted by atomic mass is 10.1. The quantitative estimate of drug-likeness (QED) is 0.792. The van der Waals surface area contributed by atoms with Crippen LogP contribution in [0.5, 0.6) is 0 Å². The van der Waals surface area contributed by atoms with Gasteiger partial charge >= 0.3 is 0 Å². The van der Waals surface area contributed by atoms with E-state index in [1.807, 2.05) is 7.05 Å². The van der Waals surface area contributed by atoms with Gasteiger partial charge in [0.1, 0.15) is 10.0 Å². The molecule has 0 radical (unpaired) electrons. The van der Waals surface area contributed by atoms with E-state index in [-0.39, 0.29) is 21.1 Å². The molecule has 0 spiro atoms. The van der Waals surface area contributed by atoms with Crippen molar-refractivity contribution in [1.29, 1.82) is 0 Å². The molecular weight excluding hydrogens is 321 g/mol. The molecule has 1 aliphatic heterocycles. The zero-order chi connectivity index (χ0) is 14.9. The zero-order valence-corrected chi connectivity index (χ0v) is 13.7. The summed E-state index contributed by atoms with van der Waals surface area (Å²) in [5, 5.41) is 0.254. The standard InChI is InChI=1S/C12H17Cl2N3O2S/c1-3-9-8-17(5-4-16(9)2)20(18,19)10-6-11(13)12(14)15-7-10/h6-7,9H,3-5,8H2,1-2H3. The zero-order valence-electron chi connectivity index (χ0n) is 11.4. The van der Waals surface area contributed by atoms with E-state index in [0.29, 0.717) is 19.6 Å². The Morgan fingerprint density at radius 3 is 2.70 bits per heavy atom. The minimum absolute atomic E-state index is 0.0892. The Morgan fingerprint density at radius 2 is 2.10 bits per heavy atom. The first-order chi connectivity index (χ1) is 9.36. The van der Waals surface area contributed by atoms with Crippen molar-refractivity contribution >= 4 is 33.2 Å². The summed E-state index contributed by atoms with van der Waals surface area (Å²) in [7, 11) is -1.55. The van der Waals surface area contributed by atoms with Gasteiger partial charge in [-0.25, -0.2) is 13.4 Å². The van der Waals surface area contributed by atoms with Crippen LogP contribution < -0.4 is 0 Å². The van der Waals surface area contributed by atoms with E-state index in [0.717, 1.165) is 6.42 Å². The lowest BCUT2D eigenvalue weighted by molar-refractivity contribution is 0.144. The molecule has 112 valence electrons. The molecular formula is C12H17Cl2N3O2S. The molecule has 0 saturated carbocycles. The molecule has 1 unspecified atom stereocenters. The molecule has 0 aromatic carbocycles. The Labute approximate surface area is 129 Å². The Kier molecular flexibility index (Phi) is 4.92. The van der Waals surface area contributed by atoms with Crippen LogP contribution in [0, 0.1) is 0 Å². The van der Waals surface area contributed by atoms with Gasteiger partial charge in [0.25, 0.3) is 0 Å². The summed E-state index contributed by atoms with van der Waals surface area (Å²) in [5.74, 6) is 0. The Morgan fingerprint density at radius 1 is 1.40 bits per heavy atom. The average molecular weight is 338 g/mol. The number of pyridine rings is 1. The topological polar surface area (TPSA) is 53.5 Å². The van der Waals surface area contributed by atoms with E-state index >= 15 is 0 Å². The van der Waals surface area contributed by atoms with Crippen molar-refractivity contribution < 1.29 is 8.42 Å². The van der Waals surface area contributed by atoms with E-state index in [1.54, 1.807) is 0 Å². The third kappa shape index (κ3) is 3.09. The molecule has 1 aromatic heterocycles. The summed E-state index contributed by atoms with van der Waals surface area (Å²) in [5.41, 5.74) is 0. The van der Waals surface area contributed by atoms with Crippen molar-refractivity contribution in [2.75, 3.05) is 26.7 Å². The van der Waals surface area contributed by atoms with Gasteiger partial charge in [-0.05, 0) is 19.5 Å². The first-order valence-electron chi connectivity index (χ1n) is 6.37. The largest absolute Gasteiger partial charge is 0.301 e. The fourth-order valence-corrected chi connectivity index (χ4v) is 4.05. The fraction of sp³-hybridized carbons (Fsp3) is 0.583. The van der Waals surface area contributed by atoms with Gasteiger partial charge in [0.2, 0.25) is 10.0 Å². The highest BCUT2D eigenvalue weighted by Gasteiger charge is 2.32. The lowest BCUT2D eigenvalue weighted by Crippen LogP contribution is -2.52. The van der Waals surface area contributed by atoms with Crippen LogP contribution in [0.15, 0.2) is 17.2 Å². The van der Waals surface area contributed by atoms with Crippen LogP contribution in [0.25, 0.3) is 0 Å². The van der Waals surface area contributed by atoms with Crippen LogP contribution in [0.3, 0.4) is 0 Å². The number of halogens is 2. The molecule has 20 heavy (non-hydrogen) atoms. The Balaban J connectivity index is 2.28. The van der Waals surface area contributed by atoms with Crippen molar-refractivity contribution in [1.82, 2.24) is 14.2 Å². The maximum atomic E-state index is 12.6. The van der Waals surface area contributed by atoms with E-state index in [2.05, 4.69) is 16.8 Å². The summed E-state index contributed by atoms with van der Waals surface area (Å²) < 4.78 is 26.7. The van der Waals surface area contributed by atoms with Gasteiger partial charge in [-0.15, -0.1) is 0 Å². The minimum atomic E-state index is -3.57. The molecule has 1 saturated heterocycles. The van der Waals surface area contributed by atoms with Gasteiger partial charge in [-0.1, -0.05) is 30.1 Å². The molecule has 0 N–H and O–H groups in total. The summed E-state index contributed by atoms with van der Waals surface area (Å²) in [6.45, 7) is 3.72. The Hall–Kier alpha value is -0.400. The minimum Gasteiger partial charge on any atom is -0.301 e. The van der Waals surface area contributed by atoms with E-state index in [1.165, 1.54) is 16.6 Å². The predicted molar refractivity (Wildman–Crippen MR) is 79.7 cm³/mol. The smallest absolute Gasteiger partial charge is 0.244 e. The molecule has 1 fully saturated rings. The van der Waals surface area contributed by atoms with Crippen molar-refractivity contribution in [3.63, 3.8) is 0 Å². The third-order valence-electron chi connectivity index (χ3n) is 3.62. The van der Waals surface area contributed by atoms with Crippen LogP contribution in [0.4, 0.5) is 0 Å². The highest BCUT2D eigenvalue weighted by atomic mass is 35.5. The van der Waals surface area contributed by atoms with E-state index in [4.69, 9.17) is 23.2 Å². The van der Waals surface area contributed by atoms with Gasteiger partial charge in [-0.2, -0.15) is 4.31 Å². The van der Waals surface area contributed by atoms with Gasteiger partial charge in [0.15, 0.2) is 0 Å². The molecule has 2 rings (SSSR count). The molecule has 5 nitrogen and oxygen atoms in total. The average Bonchev–Trinajstić information content (AvgIpc) is 2.42. The summed E-state index contributed by atoms with van der Waals surface area (Å²) in [6, 6.07) is 1.58. The normalized spacial score (nSPS) is 22.1. The lowest BCUT2D eigenvalue weighted by Gasteiger charge is -2.38. The van der Waals surface area contributed by atoms with Crippen molar-refractivity contribution in [2.45, 2.75) is 24.3 Å². The summed E-state index contributed by atoms with van der Waals surface area (Å²) in [6.07, 6.45) is 2.16. The van der Waals surface area contributed by atoms with E-state index in [9.17, 15) is 8.42 Å². The van der Waals surface area contributed by atoms with Crippen LogP contribution in [0.2, 0.25) is 10.2 Å². The van der Waals surface area contributed by atoms with Gasteiger partial charge in [-0.3, -0.25) is 0 Å². The second-order valence-electron chi connectivity index (χ2n) is 4.85. The van der Waals surface area contributed by atoms with Crippen LogP contribution in [-0.4, -0.2) is 55.3 Å². The highest BCUT2D eigenvalue weighted by molar-refractivity contribution is 7.89. The first-order valence-corrected chi connectivity index (χ1v) is 8.57. The SMILES string of the molecule is CCC1CN(S(=O)(=O)c2cnc(Cl)c(Cl)c2)CCN1C. The molecule has 0 aliphatic carbocycles.